The van der Waals surface area contributed by atoms with Gasteiger partial charge in [-0.3, -0.25) is 4.98 Å². The molecule has 2 aromatic heterocycles. The third-order valence-electron chi connectivity index (χ3n) is 3.03. The Bertz CT molecular complexity index is 661. The Balaban J connectivity index is 2.53. The molecule has 0 aliphatic rings. The second-order valence-electron chi connectivity index (χ2n) is 4.44. The molecule has 0 aromatic carbocycles. The van der Waals surface area contributed by atoms with Crippen molar-refractivity contribution in [2.45, 2.75) is 20.8 Å². The molecule has 0 spiro atoms. The SMILES string of the molecule is C/C=C(/O)c1ncnc(C)c1/C=C(\C)c1ccccn1. The Morgan fingerprint density at radius 3 is 2.65 bits per heavy atom. The molecule has 4 nitrogen and oxygen atoms in total. The zero-order valence-corrected chi connectivity index (χ0v) is 11.8. The van der Waals surface area contributed by atoms with Crippen molar-refractivity contribution in [1.29, 1.82) is 0 Å². The lowest BCUT2D eigenvalue weighted by Crippen LogP contribution is -1.99. The van der Waals surface area contributed by atoms with Gasteiger partial charge in [-0.2, -0.15) is 0 Å². The number of aliphatic hydroxyl groups excluding tert-OH is 1. The molecule has 0 unspecified atom stereocenters. The van der Waals surface area contributed by atoms with Crippen molar-refractivity contribution in [2.24, 2.45) is 0 Å². The fourth-order valence-corrected chi connectivity index (χ4v) is 1.88. The number of nitrogens with zero attached hydrogens (tertiary/aromatic N) is 3. The lowest BCUT2D eigenvalue weighted by Gasteiger charge is -2.08. The maximum absolute atomic E-state index is 9.94. The summed E-state index contributed by atoms with van der Waals surface area (Å²) in [5.74, 6) is 0.149. The minimum absolute atomic E-state index is 0.149. The lowest BCUT2D eigenvalue weighted by atomic mass is 10.0. The number of aryl methyl sites for hydroxylation is 1. The first-order valence-corrected chi connectivity index (χ1v) is 6.40. The van der Waals surface area contributed by atoms with E-state index in [1.807, 2.05) is 38.1 Å². The minimum atomic E-state index is 0.149. The van der Waals surface area contributed by atoms with E-state index in [0.29, 0.717) is 5.69 Å². The van der Waals surface area contributed by atoms with E-state index >= 15 is 0 Å². The van der Waals surface area contributed by atoms with Crippen LogP contribution in [0.3, 0.4) is 0 Å². The van der Waals surface area contributed by atoms with Gasteiger partial charge in [0.25, 0.3) is 0 Å². The summed E-state index contributed by atoms with van der Waals surface area (Å²) in [6.45, 7) is 5.64. The van der Waals surface area contributed by atoms with Gasteiger partial charge in [-0.05, 0) is 50.6 Å². The van der Waals surface area contributed by atoms with Crippen LogP contribution in [0.1, 0.15) is 36.5 Å². The van der Waals surface area contributed by atoms with Crippen LogP contribution in [-0.4, -0.2) is 20.1 Å². The van der Waals surface area contributed by atoms with E-state index in [-0.39, 0.29) is 5.76 Å². The monoisotopic (exact) mass is 267 g/mol. The van der Waals surface area contributed by atoms with E-state index in [9.17, 15) is 5.11 Å². The standard InChI is InChI=1S/C16H17N3O/c1-4-15(20)16-13(12(3)18-10-19-16)9-11(2)14-7-5-6-8-17-14/h4-10,20H,1-3H3/b11-9+,15-4+. The predicted molar refractivity (Wildman–Crippen MR) is 80.8 cm³/mol. The molecule has 2 aromatic rings. The van der Waals surface area contributed by atoms with E-state index in [0.717, 1.165) is 22.5 Å². The largest absolute Gasteiger partial charge is 0.506 e. The molecule has 0 amide bonds. The normalized spacial score (nSPS) is 12.6. The highest BCUT2D eigenvalue weighted by atomic mass is 16.3. The number of pyridine rings is 1. The van der Waals surface area contributed by atoms with Gasteiger partial charge in [-0.25, -0.2) is 9.97 Å². The zero-order chi connectivity index (χ0) is 14.5. The third-order valence-corrected chi connectivity index (χ3v) is 3.03. The van der Waals surface area contributed by atoms with Crippen LogP contribution in [-0.2, 0) is 0 Å². The molecule has 0 aliphatic carbocycles. The highest BCUT2D eigenvalue weighted by molar-refractivity contribution is 5.82. The van der Waals surface area contributed by atoms with E-state index in [1.54, 1.807) is 19.2 Å². The Morgan fingerprint density at radius 1 is 1.20 bits per heavy atom. The van der Waals surface area contributed by atoms with Gasteiger partial charge in [-0.15, -0.1) is 0 Å². The molecule has 0 radical (unpaired) electrons. The number of hydrogen-bond donors (Lipinski definition) is 1. The van der Waals surface area contributed by atoms with Gasteiger partial charge in [0.1, 0.15) is 17.8 Å². The quantitative estimate of drug-likeness (QED) is 0.862. The first kappa shape index (κ1) is 13.9. The minimum Gasteiger partial charge on any atom is -0.506 e. The Morgan fingerprint density at radius 2 is 2.00 bits per heavy atom. The fraction of sp³-hybridized carbons (Fsp3) is 0.188. The molecular weight excluding hydrogens is 250 g/mol. The molecule has 0 saturated carbocycles. The number of allylic oxidation sites excluding steroid dienone is 2. The smallest absolute Gasteiger partial charge is 0.137 e. The average molecular weight is 267 g/mol. The topological polar surface area (TPSA) is 58.9 Å². The van der Waals surface area contributed by atoms with Crippen LogP contribution < -0.4 is 0 Å². The third kappa shape index (κ3) is 2.91. The Kier molecular flexibility index (Phi) is 4.25. The van der Waals surface area contributed by atoms with Gasteiger partial charge in [0.2, 0.25) is 0 Å². The van der Waals surface area contributed by atoms with Crippen molar-refractivity contribution in [2.75, 3.05) is 0 Å². The highest BCUT2D eigenvalue weighted by Gasteiger charge is 2.10. The molecule has 4 heteroatoms. The van der Waals surface area contributed by atoms with Crippen LogP contribution in [0.25, 0.3) is 17.4 Å². The lowest BCUT2D eigenvalue weighted by molar-refractivity contribution is 0.507. The highest BCUT2D eigenvalue weighted by Crippen LogP contribution is 2.22. The van der Waals surface area contributed by atoms with Crippen LogP contribution in [0.4, 0.5) is 0 Å². The number of aliphatic hydroxyl groups is 1. The maximum Gasteiger partial charge on any atom is 0.137 e. The average Bonchev–Trinajstić information content (AvgIpc) is 2.49. The van der Waals surface area contributed by atoms with Crippen LogP contribution in [0.15, 0.2) is 36.8 Å². The molecule has 20 heavy (non-hydrogen) atoms. The molecule has 0 atom stereocenters. The molecule has 0 bridgehead atoms. The van der Waals surface area contributed by atoms with Crippen molar-refractivity contribution < 1.29 is 5.11 Å². The van der Waals surface area contributed by atoms with Crippen LogP contribution in [0.5, 0.6) is 0 Å². The van der Waals surface area contributed by atoms with Gasteiger partial charge in [0.05, 0.1) is 5.69 Å². The van der Waals surface area contributed by atoms with Gasteiger partial charge < -0.3 is 5.11 Å². The van der Waals surface area contributed by atoms with Gasteiger partial charge in [-0.1, -0.05) is 6.07 Å². The van der Waals surface area contributed by atoms with Crippen molar-refractivity contribution in [3.63, 3.8) is 0 Å². The number of hydrogen-bond acceptors (Lipinski definition) is 4. The summed E-state index contributed by atoms with van der Waals surface area (Å²) >= 11 is 0. The van der Waals surface area contributed by atoms with E-state index in [1.165, 1.54) is 6.33 Å². The summed E-state index contributed by atoms with van der Waals surface area (Å²) in [7, 11) is 0. The van der Waals surface area contributed by atoms with Gasteiger partial charge in [0.15, 0.2) is 0 Å². The summed E-state index contributed by atoms with van der Waals surface area (Å²) < 4.78 is 0. The summed E-state index contributed by atoms with van der Waals surface area (Å²) in [5.41, 5.74) is 4.05. The van der Waals surface area contributed by atoms with Crippen molar-refractivity contribution in [3.8, 4) is 0 Å². The first-order valence-electron chi connectivity index (χ1n) is 6.40. The zero-order valence-electron chi connectivity index (χ0n) is 11.8. The summed E-state index contributed by atoms with van der Waals surface area (Å²) in [5, 5.41) is 9.94. The molecule has 2 rings (SSSR count). The predicted octanol–water partition coefficient (Wildman–Crippen LogP) is 3.66. The summed E-state index contributed by atoms with van der Waals surface area (Å²) in [6.07, 6.45) is 6.78. The number of rotatable bonds is 3. The van der Waals surface area contributed by atoms with Gasteiger partial charge >= 0.3 is 0 Å². The molecule has 1 N–H and O–H groups in total. The van der Waals surface area contributed by atoms with E-state index in [2.05, 4.69) is 15.0 Å². The van der Waals surface area contributed by atoms with Crippen molar-refractivity contribution in [1.82, 2.24) is 15.0 Å². The molecular formula is C16H17N3O. The molecule has 102 valence electrons. The molecule has 2 heterocycles. The molecule has 0 aliphatic heterocycles. The maximum atomic E-state index is 9.94. The van der Waals surface area contributed by atoms with Crippen LogP contribution >= 0.6 is 0 Å². The van der Waals surface area contributed by atoms with E-state index in [4.69, 9.17) is 0 Å². The molecule has 0 fully saturated rings. The first-order chi connectivity index (χ1) is 9.63. The molecule has 0 saturated heterocycles. The summed E-state index contributed by atoms with van der Waals surface area (Å²) in [4.78, 5) is 12.7. The van der Waals surface area contributed by atoms with Crippen molar-refractivity contribution >= 4 is 17.4 Å². The number of aromatic nitrogens is 3. The van der Waals surface area contributed by atoms with Crippen LogP contribution in [0, 0.1) is 6.92 Å². The summed E-state index contributed by atoms with van der Waals surface area (Å²) in [6, 6.07) is 5.77. The second-order valence-corrected chi connectivity index (χ2v) is 4.44. The van der Waals surface area contributed by atoms with Crippen molar-refractivity contribution in [3.05, 3.63) is 59.4 Å². The fourth-order valence-electron chi connectivity index (χ4n) is 1.88. The Labute approximate surface area is 118 Å². The second kappa shape index (κ2) is 6.10. The van der Waals surface area contributed by atoms with Gasteiger partial charge in [0, 0.05) is 17.5 Å². The Hall–Kier alpha value is -2.49. The van der Waals surface area contributed by atoms with Crippen LogP contribution in [0.2, 0.25) is 0 Å². The van der Waals surface area contributed by atoms with E-state index < -0.39 is 0 Å².